The van der Waals surface area contributed by atoms with Crippen LogP contribution in [0.2, 0.25) is 0 Å². The Bertz CT molecular complexity index is 252. The number of halogens is 1. The molecule has 1 N–H and O–H groups in total. The van der Waals surface area contributed by atoms with Crippen molar-refractivity contribution >= 4 is 27.7 Å². The fourth-order valence-electron chi connectivity index (χ4n) is 1.08. The first-order valence-electron chi connectivity index (χ1n) is 4.27. The van der Waals surface area contributed by atoms with Gasteiger partial charge in [0, 0.05) is 5.75 Å². The van der Waals surface area contributed by atoms with Gasteiger partial charge in [-0.05, 0) is 34.8 Å². The van der Waals surface area contributed by atoms with Gasteiger partial charge in [-0.25, -0.2) is 0 Å². The fourth-order valence-corrected chi connectivity index (χ4v) is 2.35. The zero-order chi connectivity index (χ0) is 9.68. The van der Waals surface area contributed by atoms with Crippen LogP contribution in [-0.4, -0.2) is 18.6 Å². The van der Waals surface area contributed by atoms with E-state index in [-0.39, 0.29) is 0 Å². The minimum absolute atomic E-state index is 0.300. The lowest BCUT2D eigenvalue weighted by Gasteiger charge is -2.12. The van der Waals surface area contributed by atoms with Crippen LogP contribution >= 0.6 is 27.7 Å². The Kier molecular flexibility index (Phi) is 4.91. The first kappa shape index (κ1) is 11.1. The average molecular weight is 264 g/mol. The van der Waals surface area contributed by atoms with E-state index >= 15 is 0 Å². The number of hydrogen-bond donors (Lipinski definition) is 1. The molecule has 1 unspecified atom stereocenters. The summed E-state index contributed by atoms with van der Waals surface area (Å²) in [4.78, 5) is 0. The van der Waals surface area contributed by atoms with Crippen LogP contribution in [0.4, 0.5) is 0 Å². The summed E-state index contributed by atoms with van der Waals surface area (Å²) in [6.45, 7) is 2.16. The SMILES string of the molecule is CCSCC(NC)c1occc1Br. The van der Waals surface area contributed by atoms with Crippen LogP contribution in [0.15, 0.2) is 21.2 Å². The van der Waals surface area contributed by atoms with Crippen molar-refractivity contribution in [1.29, 1.82) is 0 Å². The molecule has 1 atom stereocenters. The number of furan rings is 1. The third kappa shape index (κ3) is 3.04. The van der Waals surface area contributed by atoms with Crippen LogP contribution in [0.3, 0.4) is 0 Å². The van der Waals surface area contributed by atoms with Crippen LogP contribution in [0.5, 0.6) is 0 Å². The number of nitrogens with one attached hydrogen (secondary N) is 1. The molecular weight excluding hydrogens is 250 g/mol. The van der Waals surface area contributed by atoms with Gasteiger partial charge < -0.3 is 9.73 Å². The predicted molar refractivity (Wildman–Crippen MR) is 61.2 cm³/mol. The lowest BCUT2D eigenvalue weighted by Crippen LogP contribution is -2.18. The maximum absolute atomic E-state index is 5.39. The van der Waals surface area contributed by atoms with Gasteiger partial charge in [0.1, 0.15) is 5.76 Å². The van der Waals surface area contributed by atoms with Crippen molar-refractivity contribution in [3.05, 3.63) is 22.6 Å². The monoisotopic (exact) mass is 263 g/mol. The molecule has 1 aromatic rings. The summed E-state index contributed by atoms with van der Waals surface area (Å²) in [5, 5.41) is 3.24. The topological polar surface area (TPSA) is 25.2 Å². The van der Waals surface area contributed by atoms with Crippen molar-refractivity contribution in [2.45, 2.75) is 13.0 Å². The molecule has 0 aliphatic heterocycles. The molecule has 1 aromatic heterocycles. The van der Waals surface area contributed by atoms with E-state index in [9.17, 15) is 0 Å². The van der Waals surface area contributed by atoms with Gasteiger partial charge in [0.25, 0.3) is 0 Å². The normalized spacial score (nSPS) is 13.2. The van der Waals surface area contributed by atoms with Gasteiger partial charge in [0.05, 0.1) is 16.8 Å². The van der Waals surface area contributed by atoms with E-state index in [2.05, 4.69) is 28.2 Å². The van der Waals surface area contributed by atoms with Crippen LogP contribution in [0.25, 0.3) is 0 Å². The summed E-state index contributed by atoms with van der Waals surface area (Å²) in [7, 11) is 1.95. The Morgan fingerprint density at radius 2 is 2.46 bits per heavy atom. The van der Waals surface area contributed by atoms with E-state index in [0.717, 1.165) is 21.7 Å². The Morgan fingerprint density at radius 1 is 1.69 bits per heavy atom. The fraction of sp³-hybridized carbons (Fsp3) is 0.556. The maximum Gasteiger partial charge on any atom is 0.135 e. The lowest BCUT2D eigenvalue weighted by atomic mass is 10.2. The van der Waals surface area contributed by atoms with Gasteiger partial charge in [-0.2, -0.15) is 11.8 Å². The minimum atomic E-state index is 0.300. The molecule has 0 aliphatic rings. The quantitative estimate of drug-likeness (QED) is 0.884. The second kappa shape index (κ2) is 5.73. The summed E-state index contributed by atoms with van der Waals surface area (Å²) >= 11 is 5.36. The van der Waals surface area contributed by atoms with E-state index in [1.54, 1.807) is 6.26 Å². The van der Waals surface area contributed by atoms with Gasteiger partial charge in [-0.15, -0.1) is 0 Å². The minimum Gasteiger partial charge on any atom is -0.466 e. The molecule has 0 aliphatic carbocycles. The molecule has 4 heteroatoms. The summed E-state index contributed by atoms with van der Waals surface area (Å²) in [6, 6.07) is 2.23. The molecule has 0 spiro atoms. The first-order valence-corrected chi connectivity index (χ1v) is 6.22. The van der Waals surface area contributed by atoms with Crippen LogP contribution in [-0.2, 0) is 0 Å². The van der Waals surface area contributed by atoms with Crippen molar-refractivity contribution in [2.24, 2.45) is 0 Å². The van der Waals surface area contributed by atoms with Crippen molar-refractivity contribution in [2.75, 3.05) is 18.6 Å². The van der Waals surface area contributed by atoms with Gasteiger partial charge in [0.2, 0.25) is 0 Å². The predicted octanol–water partition coefficient (Wildman–Crippen LogP) is 3.06. The van der Waals surface area contributed by atoms with Crippen molar-refractivity contribution in [3.8, 4) is 0 Å². The third-order valence-electron chi connectivity index (χ3n) is 1.80. The number of rotatable bonds is 5. The van der Waals surface area contributed by atoms with Gasteiger partial charge in [-0.1, -0.05) is 6.92 Å². The molecule has 0 saturated heterocycles. The summed E-state index contributed by atoms with van der Waals surface area (Å²) < 4.78 is 6.44. The third-order valence-corrected chi connectivity index (χ3v) is 3.43. The van der Waals surface area contributed by atoms with E-state index in [0.29, 0.717) is 6.04 Å². The molecule has 0 radical (unpaired) electrons. The van der Waals surface area contributed by atoms with Gasteiger partial charge >= 0.3 is 0 Å². The molecule has 1 rings (SSSR count). The first-order chi connectivity index (χ1) is 6.29. The van der Waals surface area contributed by atoms with E-state index in [1.807, 2.05) is 24.9 Å². The van der Waals surface area contributed by atoms with E-state index < -0.39 is 0 Å². The van der Waals surface area contributed by atoms with Crippen LogP contribution in [0.1, 0.15) is 18.7 Å². The highest BCUT2D eigenvalue weighted by atomic mass is 79.9. The van der Waals surface area contributed by atoms with Gasteiger partial charge in [-0.3, -0.25) is 0 Å². The molecule has 2 nitrogen and oxygen atoms in total. The second-order valence-electron chi connectivity index (χ2n) is 2.63. The highest BCUT2D eigenvalue weighted by molar-refractivity contribution is 9.10. The highest BCUT2D eigenvalue weighted by Gasteiger charge is 2.15. The summed E-state index contributed by atoms with van der Waals surface area (Å²) in [5.74, 6) is 3.17. The lowest BCUT2D eigenvalue weighted by molar-refractivity contribution is 0.450. The molecular formula is C9H14BrNOS. The average Bonchev–Trinajstić information content (AvgIpc) is 2.54. The smallest absolute Gasteiger partial charge is 0.135 e. The zero-order valence-corrected chi connectivity index (χ0v) is 10.2. The molecule has 0 fully saturated rings. The molecule has 0 bridgehead atoms. The molecule has 0 aromatic carbocycles. The zero-order valence-electron chi connectivity index (χ0n) is 7.84. The van der Waals surface area contributed by atoms with Crippen LogP contribution in [0, 0.1) is 0 Å². The highest BCUT2D eigenvalue weighted by Crippen LogP contribution is 2.26. The summed E-state index contributed by atoms with van der Waals surface area (Å²) in [6.07, 6.45) is 1.71. The Morgan fingerprint density at radius 3 is 2.92 bits per heavy atom. The molecule has 0 saturated carbocycles. The van der Waals surface area contributed by atoms with E-state index in [4.69, 9.17) is 4.42 Å². The number of hydrogen-bond acceptors (Lipinski definition) is 3. The molecule has 74 valence electrons. The standard InChI is InChI=1S/C9H14BrNOS/c1-3-13-6-8(11-2)9-7(10)4-5-12-9/h4-5,8,11H,3,6H2,1-2H3. The largest absolute Gasteiger partial charge is 0.466 e. The Hall–Kier alpha value is 0.0700. The Balaban J connectivity index is 2.61. The molecule has 0 amide bonds. The Labute approximate surface area is 91.6 Å². The van der Waals surface area contributed by atoms with Crippen molar-refractivity contribution < 1.29 is 4.42 Å². The summed E-state index contributed by atoms with van der Waals surface area (Å²) in [5.41, 5.74) is 0. The maximum atomic E-state index is 5.39. The molecule has 1 heterocycles. The second-order valence-corrected chi connectivity index (χ2v) is 4.81. The van der Waals surface area contributed by atoms with Crippen molar-refractivity contribution in [1.82, 2.24) is 5.32 Å². The van der Waals surface area contributed by atoms with Crippen molar-refractivity contribution in [3.63, 3.8) is 0 Å². The van der Waals surface area contributed by atoms with Crippen LogP contribution < -0.4 is 5.32 Å². The number of thioether (sulfide) groups is 1. The van der Waals surface area contributed by atoms with E-state index in [1.165, 1.54) is 0 Å². The molecule has 13 heavy (non-hydrogen) atoms. The van der Waals surface area contributed by atoms with Gasteiger partial charge in [0.15, 0.2) is 0 Å².